The molecule has 0 aromatic carbocycles. The molecule has 0 N–H and O–H groups in total. The van der Waals surface area contributed by atoms with Crippen LogP contribution in [0, 0.1) is 22.7 Å². The average molecular weight is 341 g/mol. The van der Waals surface area contributed by atoms with Crippen molar-refractivity contribution in [3.05, 3.63) is 0 Å². The van der Waals surface area contributed by atoms with Crippen LogP contribution in [0.3, 0.4) is 0 Å². The van der Waals surface area contributed by atoms with Gasteiger partial charge in [0.1, 0.15) is 0 Å². The van der Waals surface area contributed by atoms with E-state index in [1.165, 1.54) is 0 Å². The number of carbonyl (C=O) groups excluding carboxylic acids is 2. The SMILES string of the molecule is CCC(C)(C)COC(=O)C1CCCCC1C(=O)OCC(C)(C)CC. The Morgan fingerprint density at radius 2 is 1.12 bits per heavy atom. The molecule has 2 atom stereocenters. The molecule has 0 spiro atoms. The standard InChI is InChI=1S/C20H36O4/c1-7-19(3,4)13-23-17(21)15-11-9-10-12-16(15)18(22)24-14-20(5,6)8-2/h15-16H,7-14H2,1-6H3. The zero-order valence-corrected chi connectivity index (χ0v) is 16.4. The Morgan fingerprint density at radius 3 is 1.42 bits per heavy atom. The lowest BCUT2D eigenvalue weighted by atomic mass is 9.79. The molecule has 1 rings (SSSR count). The molecule has 2 unspecified atom stereocenters. The van der Waals surface area contributed by atoms with E-state index in [9.17, 15) is 9.59 Å². The summed E-state index contributed by atoms with van der Waals surface area (Å²) in [5.74, 6) is -1.15. The Bertz CT molecular complexity index is 385. The lowest BCUT2D eigenvalue weighted by Gasteiger charge is -2.31. The predicted octanol–water partition coefficient (Wildman–Crippen LogP) is 4.75. The minimum Gasteiger partial charge on any atom is -0.465 e. The van der Waals surface area contributed by atoms with Crippen LogP contribution in [0.25, 0.3) is 0 Å². The maximum Gasteiger partial charge on any atom is 0.309 e. The zero-order chi connectivity index (χ0) is 18.4. The van der Waals surface area contributed by atoms with Gasteiger partial charge >= 0.3 is 11.9 Å². The molecule has 4 nitrogen and oxygen atoms in total. The molecule has 1 aliphatic rings. The molecule has 0 bridgehead atoms. The average Bonchev–Trinajstić information content (AvgIpc) is 2.57. The highest BCUT2D eigenvalue weighted by Gasteiger charge is 2.38. The van der Waals surface area contributed by atoms with E-state index in [2.05, 4.69) is 41.5 Å². The first kappa shape index (κ1) is 21.0. The lowest BCUT2D eigenvalue weighted by molar-refractivity contribution is -0.166. The molecule has 0 aliphatic heterocycles. The number of rotatable bonds is 8. The van der Waals surface area contributed by atoms with Crippen molar-refractivity contribution < 1.29 is 19.1 Å². The van der Waals surface area contributed by atoms with Gasteiger partial charge in [0.15, 0.2) is 0 Å². The molecule has 0 amide bonds. The maximum atomic E-state index is 12.5. The summed E-state index contributed by atoms with van der Waals surface area (Å²) in [6.45, 7) is 13.3. The van der Waals surface area contributed by atoms with Crippen LogP contribution in [0.5, 0.6) is 0 Å². The Balaban J connectivity index is 2.64. The number of carbonyl (C=O) groups is 2. The van der Waals surface area contributed by atoms with E-state index in [1.54, 1.807) is 0 Å². The fraction of sp³-hybridized carbons (Fsp3) is 0.900. The van der Waals surface area contributed by atoms with Crippen LogP contribution in [0.1, 0.15) is 80.1 Å². The van der Waals surface area contributed by atoms with E-state index in [0.717, 1.165) is 38.5 Å². The first-order chi connectivity index (χ1) is 11.1. The minimum absolute atomic E-state index is 0.0223. The van der Waals surface area contributed by atoms with Gasteiger partial charge in [0, 0.05) is 0 Å². The van der Waals surface area contributed by atoms with Gasteiger partial charge in [0.05, 0.1) is 25.0 Å². The van der Waals surface area contributed by atoms with Crippen LogP contribution < -0.4 is 0 Å². The van der Waals surface area contributed by atoms with Gasteiger partial charge in [0.2, 0.25) is 0 Å². The summed E-state index contributed by atoms with van der Waals surface area (Å²) in [4.78, 5) is 25.0. The molecule has 0 aromatic rings. The van der Waals surface area contributed by atoms with Gasteiger partial charge in [-0.25, -0.2) is 0 Å². The molecule has 140 valence electrons. The third-order valence-corrected chi connectivity index (χ3v) is 5.50. The molecular formula is C20H36O4. The van der Waals surface area contributed by atoms with Crippen molar-refractivity contribution in [2.75, 3.05) is 13.2 Å². The van der Waals surface area contributed by atoms with E-state index in [-0.39, 0.29) is 34.6 Å². The highest BCUT2D eigenvalue weighted by atomic mass is 16.5. The van der Waals surface area contributed by atoms with Gasteiger partial charge in [0.25, 0.3) is 0 Å². The molecule has 0 heterocycles. The summed E-state index contributed by atoms with van der Waals surface area (Å²) in [5, 5.41) is 0. The monoisotopic (exact) mass is 340 g/mol. The van der Waals surface area contributed by atoms with Crippen LogP contribution in [-0.2, 0) is 19.1 Å². The van der Waals surface area contributed by atoms with Crippen LogP contribution >= 0.6 is 0 Å². The summed E-state index contributed by atoms with van der Waals surface area (Å²) in [6.07, 6.45) is 5.29. The minimum atomic E-state index is -0.344. The van der Waals surface area contributed by atoms with Crippen LogP contribution in [0.2, 0.25) is 0 Å². The molecular weight excluding hydrogens is 304 g/mol. The molecule has 0 saturated heterocycles. The third-order valence-electron chi connectivity index (χ3n) is 5.50. The van der Waals surface area contributed by atoms with Gasteiger partial charge in [-0.1, -0.05) is 54.4 Å². The quantitative estimate of drug-likeness (QED) is 0.598. The summed E-state index contributed by atoms with van der Waals surface area (Å²) in [5.41, 5.74) is -0.0447. The molecule has 24 heavy (non-hydrogen) atoms. The Hall–Kier alpha value is -1.06. The molecule has 0 aromatic heterocycles. The molecule has 4 heteroatoms. The van der Waals surface area contributed by atoms with Gasteiger partial charge in [-0.2, -0.15) is 0 Å². The molecule has 1 saturated carbocycles. The highest BCUT2D eigenvalue weighted by molar-refractivity contribution is 5.82. The van der Waals surface area contributed by atoms with E-state index in [1.807, 2.05) is 0 Å². The zero-order valence-electron chi connectivity index (χ0n) is 16.4. The second-order valence-electron chi connectivity index (χ2n) is 8.75. The van der Waals surface area contributed by atoms with E-state index < -0.39 is 0 Å². The van der Waals surface area contributed by atoms with Crippen molar-refractivity contribution in [1.82, 2.24) is 0 Å². The first-order valence-corrected chi connectivity index (χ1v) is 9.45. The van der Waals surface area contributed by atoms with E-state index in [0.29, 0.717) is 13.2 Å². The van der Waals surface area contributed by atoms with E-state index in [4.69, 9.17) is 9.47 Å². The van der Waals surface area contributed by atoms with Crippen LogP contribution in [-0.4, -0.2) is 25.2 Å². The van der Waals surface area contributed by atoms with Crippen LogP contribution in [0.15, 0.2) is 0 Å². The van der Waals surface area contributed by atoms with Gasteiger partial charge in [-0.3, -0.25) is 9.59 Å². The van der Waals surface area contributed by atoms with Crippen molar-refractivity contribution in [3.8, 4) is 0 Å². The Morgan fingerprint density at radius 1 is 0.792 bits per heavy atom. The number of esters is 2. The molecule has 1 aliphatic carbocycles. The van der Waals surface area contributed by atoms with Crippen molar-refractivity contribution in [1.29, 1.82) is 0 Å². The molecule has 1 fully saturated rings. The normalized spacial score (nSPS) is 22.1. The predicted molar refractivity (Wildman–Crippen MR) is 95.5 cm³/mol. The Kier molecular flexibility index (Phi) is 7.75. The smallest absolute Gasteiger partial charge is 0.309 e. The van der Waals surface area contributed by atoms with Crippen molar-refractivity contribution in [2.24, 2.45) is 22.7 Å². The summed E-state index contributed by atoms with van der Waals surface area (Å²) >= 11 is 0. The van der Waals surface area contributed by atoms with Gasteiger partial charge < -0.3 is 9.47 Å². The number of hydrogen-bond donors (Lipinski definition) is 0. The number of ether oxygens (including phenoxy) is 2. The van der Waals surface area contributed by atoms with Crippen molar-refractivity contribution in [2.45, 2.75) is 80.1 Å². The van der Waals surface area contributed by atoms with Gasteiger partial charge in [-0.05, 0) is 36.5 Å². The fourth-order valence-electron chi connectivity index (χ4n) is 2.65. The summed E-state index contributed by atoms with van der Waals surface area (Å²) < 4.78 is 11.1. The fourth-order valence-corrected chi connectivity index (χ4v) is 2.65. The largest absolute Gasteiger partial charge is 0.465 e. The first-order valence-electron chi connectivity index (χ1n) is 9.45. The van der Waals surface area contributed by atoms with E-state index >= 15 is 0 Å². The lowest BCUT2D eigenvalue weighted by Crippen LogP contribution is -2.37. The third kappa shape index (κ3) is 6.45. The number of hydrogen-bond acceptors (Lipinski definition) is 4. The van der Waals surface area contributed by atoms with Gasteiger partial charge in [-0.15, -0.1) is 0 Å². The van der Waals surface area contributed by atoms with Crippen LogP contribution in [0.4, 0.5) is 0 Å². The highest BCUT2D eigenvalue weighted by Crippen LogP contribution is 2.33. The molecule has 0 radical (unpaired) electrons. The topological polar surface area (TPSA) is 52.6 Å². The Labute approximate surface area is 147 Å². The maximum absolute atomic E-state index is 12.5. The van der Waals surface area contributed by atoms with Crippen molar-refractivity contribution in [3.63, 3.8) is 0 Å². The second-order valence-corrected chi connectivity index (χ2v) is 8.75. The van der Waals surface area contributed by atoms with Crippen molar-refractivity contribution >= 4 is 11.9 Å². The second kappa shape index (κ2) is 8.87. The summed E-state index contributed by atoms with van der Waals surface area (Å²) in [7, 11) is 0. The summed E-state index contributed by atoms with van der Waals surface area (Å²) in [6, 6.07) is 0.